The first-order chi connectivity index (χ1) is 9.83. The second-order valence-corrected chi connectivity index (χ2v) is 5.28. The number of ether oxygens (including phenoxy) is 1. The van der Waals surface area contributed by atoms with Crippen LogP contribution < -0.4 is 5.32 Å². The van der Waals surface area contributed by atoms with Crippen LogP contribution in [0, 0.1) is 6.92 Å². The van der Waals surface area contributed by atoms with E-state index in [0.717, 1.165) is 44.1 Å². The van der Waals surface area contributed by atoms with Gasteiger partial charge >= 0.3 is 0 Å². The Hall–Kier alpha value is -1.65. The van der Waals surface area contributed by atoms with Gasteiger partial charge in [0.15, 0.2) is 0 Å². The molecule has 0 saturated carbocycles. The zero-order chi connectivity index (χ0) is 13.8. The standard InChI is InChI=1S/C16H21N3O/c1-13-17-8-9-19(13)16-4-2-14(3-5-16)12-18-15-6-10-20-11-7-15/h2-5,8-9,15,18H,6-7,10-12H2,1H3. The number of nitrogens with one attached hydrogen (secondary N) is 1. The van der Waals surface area contributed by atoms with E-state index in [2.05, 4.69) is 39.1 Å². The fraction of sp³-hybridized carbons (Fsp3) is 0.438. The Morgan fingerprint density at radius 1 is 1.25 bits per heavy atom. The predicted octanol–water partition coefficient (Wildman–Crippen LogP) is 2.45. The van der Waals surface area contributed by atoms with Gasteiger partial charge < -0.3 is 14.6 Å². The molecule has 1 aromatic heterocycles. The van der Waals surface area contributed by atoms with Gasteiger partial charge in [0.25, 0.3) is 0 Å². The Labute approximate surface area is 119 Å². The molecule has 1 aliphatic rings. The topological polar surface area (TPSA) is 39.1 Å². The van der Waals surface area contributed by atoms with E-state index in [1.54, 1.807) is 0 Å². The molecule has 0 spiro atoms. The van der Waals surface area contributed by atoms with Crippen LogP contribution in [0.2, 0.25) is 0 Å². The van der Waals surface area contributed by atoms with Crippen molar-refractivity contribution >= 4 is 0 Å². The molecule has 1 saturated heterocycles. The summed E-state index contributed by atoms with van der Waals surface area (Å²) in [5.74, 6) is 1.01. The predicted molar refractivity (Wildman–Crippen MR) is 79.0 cm³/mol. The fourth-order valence-corrected chi connectivity index (χ4v) is 2.59. The van der Waals surface area contributed by atoms with Crippen LogP contribution in [0.15, 0.2) is 36.7 Å². The van der Waals surface area contributed by atoms with Crippen LogP contribution in [-0.4, -0.2) is 28.8 Å². The number of aromatic nitrogens is 2. The molecule has 1 aromatic carbocycles. The number of benzene rings is 1. The summed E-state index contributed by atoms with van der Waals surface area (Å²) in [6, 6.07) is 9.26. The van der Waals surface area contributed by atoms with Crippen molar-refractivity contribution in [3.63, 3.8) is 0 Å². The van der Waals surface area contributed by atoms with E-state index in [1.165, 1.54) is 5.56 Å². The largest absolute Gasteiger partial charge is 0.381 e. The summed E-state index contributed by atoms with van der Waals surface area (Å²) in [4.78, 5) is 4.25. The molecule has 0 amide bonds. The van der Waals surface area contributed by atoms with E-state index in [4.69, 9.17) is 4.74 Å². The molecule has 0 atom stereocenters. The van der Waals surface area contributed by atoms with Crippen LogP contribution in [-0.2, 0) is 11.3 Å². The lowest BCUT2D eigenvalue weighted by Crippen LogP contribution is -2.34. The fourth-order valence-electron chi connectivity index (χ4n) is 2.59. The first-order valence-electron chi connectivity index (χ1n) is 7.23. The molecule has 20 heavy (non-hydrogen) atoms. The van der Waals surface area contributed by atoms with Gasteiger partial charge in [-0.05, 0) is 37.5 Å². The van der Waals surface area contributed by atoms with Gasteiger partial charge in [-0.25, -0.2) is 4.98 Å². The van der Waals surface area contributed by atoms with E-state index >= 15 is 0 Å². The van der Waals surface area contributed by atoms with Crippen molar-refractivity contribution in [2.75, 3.05) is 13.2 Å². The zero-order valence-corrected chi connectivity index (χ0v) is 11.9. The second-order valence-electron chi connectivity index (χ2n) is 5.28. The lowest BCUT2D eigenvalue weighted by atomic mass is 10.1. The van der Waals surface area contributed by atoms with Gasteiger partial charge in [-0.15, -0.1) is 0 Å². The van der Waals surface area contributed by atoms with Crippen molar-refractivity contribution in [3.05, 3.63) is 48.0 Å². The molecular weight excluding hydrogens is 250 g/mol. The molecule has 106 valence electrons. The van der Waals surface area contributed by atoms with Gasteiger partial charge in [0, 0.05) is 43.9 Å². The van der Waals surface area contributed by atoms with Crippen molar-refractivity contribution in [1.29, 1.82) is 0 Å². The Bertz CT molecular complexity index is 541. The molecule has 4 nitrogen and oxygen atoms in total. The molecule has 1 aliphatic heterocycles. The molecule has 2 heterocycles. The van der Waals surface area contributed by atoms with Gasteiger partial charge in [-0.3, -0.25) is 0 Å². The molecule has 1 N–H and O–H groups in total. The van der Waals surface area contributed by atoms with Gasteiger partial charge in [-0.1, -0.05) is 12.1 Å². The first kappa shape index (κ1) is 13.3. The van der Waals surface area contributed by atoms with E-state index in [1.807, 2.05) is 19.3 Å². The monoisotopic (exact) mass is 271 g/mol. The molecule has 2 aromatic rings. The van der Waals surface area contributed by atoms with Crippen LogP contribution in [0.1, 0.15) is 24.2 Å². The van der Waals surface area contributed by atoms with Gasteiger partial charge in [-0.2, -0.15) is 0 Å². The van der Waals surface area contributed by atoms with Crippen LogP contribution in [0.25, 0.3) is 5.69 Å². The number of nitrogens with zero attached hydrogens (tertiary/aromatic N) is 2. The summed E-state index contributed by atoms with van der Waals surface area (Å²) in [5.41, 5.74) is 2.48. The van der Waals surface area contributed by atoms with Crippen molar-refractivity contribution in [1.82, 2.24) is 14.9 Å². The average molecular weight is 271 g/mol. The Balaban J connectivity index is 1.60. The lowest BCUT2D eigenvalue weighted by Gasteiger charge is -2.23. The Morgan fingerprint density at radius 2 is 2.00 bits per heavy atom. The minimum atomic E-state index is 0.597. The maximum atomic E-state index is 5.37. The number of hydrogen-bond donors (Lipinski definition) is 1. The van der Waals surface area contributed by atoms with E-state index in [-0.39, 0.29) is 0 Å². The molecule has 4 heteroatoms. The Morgan fingerprint density at radius 3 is 2.65 bits per heavy atom. The Kier molecular flexibility index (Phi) is 4.14. The minimum Gasteiger partial charge on any atom is -0.381 e. The highest BCUT2D eigenvalue weighted by Gasteiger charge is 2.12. The van der Waals surface area contributed by atoms with Crippen LogP contribution >= 0.6 is 0 Å². The highest BCUT2D eigenvalue weighted by Crippen LogP contribution is 2.13. The average Bonchev–Trinajstić information content (AvgIpc) is 2.93. The molecule has 0 unspecified atom stereocenters. The van der Waals surface area contributed by atoms with Gasteiger partial charge in [0.2, 0.25) is 0 Å². The van der Waals surface area contributed by atoms with E-state index in [9.17, 15) is 0 Å². The normalized spacial score (nSPS) is 16.4. The second kappa shape index (κ2) is 6.20. The number of rotatable bonds is 4. The summed E-state index contributed by atoms with van der Waals surface area (Å²) in [7, 11) is 0. The quantitative estimate of drug-likeness (QED) is 0.928. The van der Waals surface area contributed by atoms with Crippen molar-refractivity contribution < 1.29 is 4.74 Å². The van der Waals surface area contributed by atoms with Gasteiger partial charge in [0.05, 0.1) is 0 Å². The van der Waals surface area contributed by atoms with Gasteiger partial charge in [0.1, 0.15) is 5.82 Å². The maximum Gasteiger partial charge on any atom is 0.110 e. The molecule has 0 bridgehead atoms. The minimum absolute atomic E-state index is 0.597. The van der Waals surface area contributed by atoms with Crippen molar-refractivity contribution in [2.45, 2.75) is 32.4 Å². The van der Waals surface area contributed by atoms with E-state index < -0.39 is 0 Å². The number of imidazole rings is 1. The summed E-state index contributed by atoms with van der Waals surface area (Å²) < 4.78 is 7.46. The molecule has 0 radical (unpaired) electrons. The third-order valence-corrected chi connectivity index (χ3v) is 3.86. The smallest absolute Gasteiger partial charge is 0.110 e. The third-order valence-electron chi connectivity index (χ3n) is 3.86. The van der Waals surface area contributed by atoms with Crippen molar-refractivity contribution in [3.8, 4) is 5.69 Å². The third kappa shape index (κ3) is 3.08. The number of hydrogen-bond acceptors (Lipinski definition) is 3. The molecule has 1 fully saturated rings. The van der Waals surface area contributed by atoms with Crippen LogP contribution in [0.3, 0.4) is 0 Å². The highest BCUT2D eigenvalue weighted by molar-refractivity contribution is 5.35. The summed E-state index contributed by atoms with van der Waals surface area (Å²) in [5, 5.41) is 3.60. The molecule has 0 aliphatic carbocycles. The zero-order valence-electron chi connectivity index (χ0n) is 11.9. The lowest BCUT2D eigenvalue weighted by molar-refractivity contribution is 0.0776. The summed E-state index contributed by atoms with van der Waals surface area (Å²) in [6.07, 6.45) is 6.05. The van der Waals surface area contributed by atoms with Crippen LogP contribution in [0.5, 0.6) is 0 Å². The first-order valence-corrected chi connectivity index (χ1v) is 7.23. The SMILES string of the molecule is Cc1nccn1-c1ccc(CNC2CCOCC2)cc1. The summed E-state index contributed by atoms with van der Waals surface area (Å²) >= 11 is 0. The van der Waals surface area contributed by atoms with Crippen molar-refractivity contribution in [2.24, 2.45) is 0 Å². The highest BCUT2D eigenvalue weighted by atomic mass is 16.5. The maximum absolute atomic E-state index is 5.37. The number of aryl methyl sites for hydroxylation is 1. The van der Waals surface area contributed by atoms with E-state index in [0.29, 0.717) is 6.04 Å². The summed E-state index contributed by atoms with van der Waals surface area (Å²) in [6.45, 7) is 4.71. The molecule has 3 rings (SSSR count). The van der Waals surface area contributed by atoms with Crippen LogP contribution in [0.4, 0.5) is 0 Å². The molecular formula is C16H21N3O.